The van der Waals surface area contributed by atoms with Gasteiger partial charge in [-0.05, 0) is 39.8 Å². The van der Waals surface area contributed by atoms with E-state index in [1.807, 2.05) is 19.2 Å². The normalized spacial score (nSPS) is 13.3. The van der Waals surface area contributed by atoms with E-state index >= 15 is 0 Å². The molecule has 2 heteroatoms. The molecular formula is C27H23NO. The monoisotopic (exact) mass is 377 g/mol. The molecule has 0 atom stereocenters. The van der Waals surface area contributed by atoms with Crippen molar-refractivity contribution in [1.82, 2.24) is 0 Å². The number of amides is 1. The van der Waals surface area contributed by atoms with Gasteiger partial charge >= 0.3 is 0 Å². The standard InChI is InChI=1S/C27H23NO/c1-27(2,19-8-5-4-6-9-19)20-14-12-18(13-15-20)21-16-17-24-25-22(21)10-7-11-23(25)26(29)28(24)3/h4-17H,1-3H3. The molecule has 1 aliphatic rings. The Hall–Kier alpha value is -3.39. The Morgan fingerprint density at radius 3 is 2.10 bits per heavy atom. The lowest BCUT2D eigenvalue weighted by Crippen LogP contribution is -2.20. The lowest BCUT2D eigenvalue weighted by Gasteiger charge is -2.26. The summed E-state index contributed by atoms with van der Waals surface area (Å²) in [6.07, 6.45) is 0. The smallest absolute Gasteiger partial charge is 0.258 e. The summed E-state index contributed by atoms with van der Waals surface area (Å²) in [5, 5.41) is 2.19. The molecule has 0 saturated heterocycles. The largest absolute Gasteiger partial charge is 0.311 e. The zero-order valence-corrected chi connectivity index (χ0v) is 16.9. The molecule has 0 aromatic heterocycles. The lowest BCUT2D eigenvalue weighted by atomic mass is 9.78. The zero-order valence-electron chi connectivity index (χ0n) is 16.9. The lowest BCUT2D eigenvalue weighted by molar-refractivity contribution is 0.0999. The summed E-state index contributed by atoms with van der Waals surface area (Å²) in [6, 6.07) is 29.7. The summed E-state index contributed by atoms with van der Waals surface area (Å²) in [4.78, 5) is 14.3. The first-order chi connectivity index (χ1) is 14.0. The second kappa shape index (κ2) is 6.31. The average Bonchev–Trinajstić information content (AvgIpc) is 3.01. The van der Waals surface area contributed by atoms with Crippen LogP contribution in [0.4, 0.5) is 5.69 Å². The van der Waals surface area contributed by atoms with E-state index < -0.39 is 0 Å². The van der Waals surface area contributed by atoms with Crippen LogP contribution in [0.1, 0.15) is 35.3 Å². The van der Waals surface area contributed by atoms with Gasteiger partial charge in [0.1, 0.15) is 0 Å². The Balaban J connectivity index is 1.60. The second-order valence-electron chi connectivity index (χ2n) is 8.29. The summed E-state index contributed by atoms with van der Waals surface area (Å²) in [6.45, 7) is 4.52. The highest BCUT2D eigenvalue weighted by atomic mass is 16.2. The Labute approximate surface area is 171 Å². The molecule has 4 aromatic carbocycles. The van der Waals surface area contributed by atoms with Gasteiger partial charge in [-0.1, -0.05) is 86.6 Å². The maximum atomic E-state index is 12.5. The van der Waals surface area contributed by atoms with Crippen molar-refractivity contribution in [2.45, 2.75) is 19.3 Å². The van der Waals surface area contributed by atoms with E-state index in [1.54, 1.807) is 4.90 Å². The van der Waals surface area contributed by atoms with Crippen LogP contribution >= 0.6 is 0 Å². The van der Waals surface area contributed by atoms with Crippen molar-refractivity contribution in [3.05, 3.63) is 102 Å². The van der Waals surface area contributed by atoms with E-state index in [9.17, 15) is 4.79 Å². The third-order valence-electron chi connectivity index (χ3n) is 6.33. The van der Waals surface area contributed by atoms with E-state index in [1.165, 1.54) is 16.7 Å². The predicted octanol–water partition coefficient (Wildman–Crippen LogP) is 6.42. The molecule has 0 N–H and O–H groups in total. The van der Waals surface area contributed by atoms with E-state index in [-0.39, 0.29) is 11.3 Å². The molecule has 0 spiro atoms. The van der Waals surface area contributed by atoms with Crippen molar-refractivity contribution in [1.29, 1.82) is 0 Å². The van der Waals surface area contributed by atoms with Gasteiger partial charge in [-0.2, -0.15) is 0 Å². The molecule has 2 nitrogen and oxygen atoms in total. The molecule has 4 aromatic rings. The van der Waals surface area contributed by atoms with Gasteiger partial charge in [-0.15, -0.1) is 0 Å². The number of anilines is 1. The number of carbonyl (C=O) groups is 1. The first-order valence-electron chi connectivity index (χ1n) is 9.99. The Morgan fingerprint density at radius 2 is 1.38 bits per heavy atom. The summed E-state index contributed by atoms with van der Waals surface area (Å²) in [7, 11) is 1.84. The topological polar surface area (TPSA) is 20.3 Å². The van der Waals surface area contributed by atoms with Crippen molar-refractivity contribution in [3.63, 3.8) is 0 Å². The number of carbonyl (C=O) groups excluding carboxylic acids is 1. The number of nitrogens with zero attached hydrogens (tertiary/aromatic N) is 1. The van der Waals surface area contributed by atoms with Gasteiger partial charge in [0.15, 0.2) is 0 Å². The van der Waals surface area contributed by atoms with Crippen LogP contribution in [0.15, 0.2) is 84.9 Å². The number of hydrogen-bond acceptors (Lipinski definition) is 1. The molecule has 5 rings (SSSR count). The average molecular weight is 377 g/mol. The van der Waals surface area contributed by atoms with Gasteiger partial charge in [0.05, 0.1) is 5.69 Å². The highest BCUT2D eigenvalue weighted by Crippen LogP contribution is 2.41. The van der Waals surface area contributed by atoms with E-state index in [0.29, 0.717) is 0 Å². The summed E-state index contributed by atoms with van der Waals surface area (Å²) < 4.78 is 0. The third-order valence-corrected chi connectivity index (χ3v) is 6.33. The minimum absolute atomic E-state index is 0.0586. The number of benzene rings is 4. The minimum atomic E-state index is -0.0586. The first-order valence-corrected chi connectivity index (χ1v) is 9.99. The van der Waals surface area contributed by atoms with Gasteiger partial charge < -0.3 is 4.90 Å². The highest BCUT2D eigenvalue weighted by molar-refractivity contribution is 6.26. The van der Waals surface area contributed by atoms with Gasteiger partial charge in [0.25, 0.3) is 5.91 Å². The third kappa shape index (κ3) is 2.60. The van der Waals surface area contributed by atoms with Crippen LogP contribution in [0.3, 0.4) is 0 Å². The minimum Gasteiger partial charge on any atom is -0.311 e. The highest BCUT2D eigenvalue weighted by Gasteiger charge is 2.28. The SMILES string of the molecule is CN1C(=O)c2cccc3c(-c4ccc(C(C)(C)c5ccccc5)cc4)ccc1c23. The van der Waals surface area contributed by atoms with Crippen LogP contribution in [0.25, 0.3) is 21.9 Å². The van der Waals surface area contributed by atoms with E-state index in [4.69, 9.17) is 0 Å². The molecule has 142 valence electrons. The second-order valence-corrected chi connectivity index (χ2v) is 8.29. The van der Waals surface area contributed by atoms with Crippen LogP contribution < -0.4 is 4.90 Å². The molecular weight excluding hydrogens is 354 g/mol. The molecule has 0 bridgehead atoms. The molecule has 0 unspecified atom stereocenters. The van der Waals surface area contributed by atoms with Crippen molar-refractivity contribution >= 4 is 22.4 Å². The van der Waals surface area contributed by atoms with Crippen molar-refractivity contribution in [2.75, 3.05) is 11.9 Å². The van der Waals surface area contributed by atoms with Crippen molar-refractivity contribution in [3.8, 4) is 11.1 Å². The maximum Gasteiger partial charge on any atom is 0.258 e. The first kappa shape index (κ1) is 17.7. The molecule has 1 amide bonds. The summed E-state index contributed by atoms with van der Waals surface area (Å²) in [5.41, 5.74) is 6.65. The van der Waals surface area contributed by atoms with Gasteiger partial charge in [-0.25, -0.2) is 0 Å². The predicted molar refractivity (Wildman–Crippen MR) is 121 cm³/mol. The fourth-order valence-electron chi connectivity index (χ4n) is 4.48. The maximum absolute atomic E-state index is 12.5. The van der Waals surface area contributed by atoms with Crippen LogP contribution in [-0.2, 0) is 5.41 Å². The fraction of sp³-hybridized carbons (Fsp3) is 0.148. The van der Waals surface area contributed by atoms with E-state index in [2.05, 4.69) is 86.6 Å². The zero-order chi connectivity index (χ0) is 20.2. The summed E-state index contributed by atoms with van der Waals surface area (Å²) in [5.74, 6) is 0.0720. The van der Waals surface area contributed by atoms with Crippen LogP contribution in [0, 0.1) is 0 Å². The molecule has 0 radical (unpaired) electrons. The Kier molecular flexibility index (Phi) is 3.85. The van der Waals surface area contributed by atoms with Crippen molar-refractivity contribution < 1.29 is 4.79 Å². The molecule has 29 heavy (non-hydrogen) atoms. The summed E-state index contributed by atoms with van der Waals surface area (Å²) >= 11 is 0. The van der Waals surface area contributed by atoms with Gasteiger partial charge in [0, 0.05) is 23.4 Å². The van der Waals surface area contributed by atoms with Gasteiger partial charge in [-0.3, -0.25) is 4.79 Å². The fourth-order valence-corrected chi connectivity index (χ4v) is 4.48. The molecule has 0 saturated carbocycles. The Morgan fingerprint density at radius 1 is 0.690 bits per heavy atom. The van der Waals surface area contributed by atoms with Crippen LogP contribution in [0.2, 0.25) is 0 Å². The number of rotatable bonds is 3. The van der Waals surface area contributed by atoms with Crippen LogP contribution in [0.5, 0.6) is 0 Å². The molecule has 1 heterocycles. The van der Waals surface area contributed by atoms with Gasteiger partial charge in [0.2, 0.25) is 0 Å². The van der Waals surface area contributed by atoms with E-state index in [0.717, 1.165) is 27.6 Å². The van der Waals surface area contributed by atoms with Crippen molar-refractivity contribution in [2.24, 2.45) is 0 Å². The quantitative estimate of drug-likeness (QED) is 0.403. The van der Waals surface area contributed by atoms with Crippen LogP contribution in [-0.4, -0.2) is 13.0 Å². The molecule has 1 aliphatic heterocycles. The Bertz CT molecular complexity index is 1240. The molecule has 0 fully saturated rings. The molecule has 0 aliphatic carbocycles. The number of hydrogen-bond donors (Lipinski definition) is 0.